The van der Waals surface area contributed by atoms with Crippen LogP contribution in [0.1, 0.15) is 12.5 Å². The molecule has 6 N–H and O–H groups in total. The molecular weight excluding hydrogens is 325 g/mol. The third kappa shape index (κ3) is 4.82. The fourth-order valence-electron chi connectivity index (χ4n) is 1.93. The molecule has 0 atom stereocenters. The highest BCUT2D eigenvalue weighted by Crippen LogP contribution is 2.14. The minimum atomic E-state index is 0. The first kappa shape index (κ1) is 20.1. The van der Waals surface area contributed by atoms with Crippen molar-refractivity contribution >= 4 is 17.5 Å². The second-order valence-corrected chi connectivity index (χ2v) is 4.49. The number of nitrogens with one attached hydrogen (secondary N) is 2. The Morgan fingerprint density at radius 2 is 1.77 bits per heavy atom. The lowest BCUT2D eigenvalue weighted by atomic mass is 10.2. The summed E-state index contributed by atoms with van der Waals surface area (Å²) in [5.74, 6) is 2.15. The molecule has 2 rings (SSSR count). The van der Waals surface area contributed by atoms with E-state index in [-0.39, 0.29) is 24.8 Å². The van der Waals surface area contributed by atoms with E-state index in [2.05, 4.69) is 21.8 Å². The Balaban J connectivity index is 0.00000220. The van der Waals surface area contributed by atoms with E-state index in [1.54, 1.807) is 13.3 Å². The van der Waals surface area contributed by atoms with Gasteiger partial charge in [0, 0.05) is 5.56 Å². The van der Waals surface area contributed by atoms with Gasteiger partial charge >= 0.3 is 5.95 Å². The van der Waals surface area contributed by atoms with Crippen LogP contribution in [0.15, 0.2) is 30.5 Å². The average molecular weight is 346 g/mol. The number of nitrogens with zero attached hydrogens (tertiary/aromatic N) is 1. The maximum absolute atomic E-state index is 5.80. The Bertz CT molecular complexity index is 580. The summed E-state index contributed by atoms with van der Waals surface area (Å²) in [6.45, 7) is 3.68. The number of anilines is 3. The molecule has 1 aromatic carbocycles. The Morgan fingerprint density at radius 1 is 1.14 bits per heavy atom. The van der Waals surface area contributed by atoms with Crippen LogP contribution >= 0.6 is 0 Å². The smallest absolute Gasteiger partial charge is 0.525 e. The van der Waals surface area contributed by atoms with Crippen LogP contribution in [-0.4, -0.2) is 13.7 Å². The van der Waals surface area contributed by atoms with Gasteiger partial charge in [-0.3, -0.25) is 0 Å². The molecule has 122 valence electrons. The zero-order chi connectivity index (χ0) is 14.5. The number of rotatable bonds is 5. The molecule has 0 unspecified atom stereocenters. The molecule has 0 aliphatic carbocycles. The largest absolute Gasteiger partial charge is 1.00 e. The number of aromatic nitrogens is 2. The Morgan fingerprint density at radius 3 is 2.27 bits per heavy atom. The number of hydrogen-bond acceptors (Lipinski definition) is 4. The highest BCUT2D eigenvalue weighted by atomic mass is 35.5. The Labute approximate surface area is 142 Å². The molecule has 0 fully saturated rings. The molecule has 8 heteroatoms. The molecule has 0 aliphatic rings. The molecule has 0 saturated heterocycles. The van der Waals surface area contributed by atoms with Crippen LogP contribution in [-0.2, 0) is 6.54 Å². The van der Waals surface area contributed by atoms with Gasteiger partial charge in [0.25, 0.3) is 5.82 Å². The standard InChI is InChI=1S/C14H19N5O.2ClH/c1-3-19(14-17-8-12(15)13(16)18-14)9-10-4-6-11(20-2)7-5-10;;/h4-8H,3,9,15H2,1-2H3,(H2,16,17,18);2*1H. The number of benzene rings is 1. The number of nitrogens with two attached hydrogens (primary N) is 2. The van der Waals surface area contributed by atoms with Gasteiger partial charge in [0.2, 0.25) is 0 Å². The quantitative estimate of drug-likeness (QED) is 0.565. The van der Waals surface area contributed by atoms with Gasteiger partial charge < -0.3 is 41.0 Å². The van der Waals surface area contributed by atoms with Gasteiger partial charge in [-0.1, -0.05) is 12.1 Å². The van der Waals surface area contributed by atoms with Crippen molar-refractivity contribution in [2.24, 2.45) is 0 Å². The van der Waals surface area contributed by atoms with Gasteiger partial charge in [-0.25, -0.2) is 0 Å². The fourth-order valence-corrected chi connectivity index (χ4v) is 1.93. The van der Waals surface area contributed by atoms with Gasteiger partial charge in [0.05, 0.1) is 7.11 Å². The van der Waals surface area contributed by atoms with E-state index in [1.807, 2.05) is 24.3 Å². The van der Waals surface area contributed by atoms with Gasteiger partial charge in [-0.05, 0) is 19.1 Å². The Kier molecular flexibility index (Phi) is 8.37. The first-order valence-corrected chi connectivity index (χ1v) is 6.51. The number of halogens is 2. The van der Waals surface area contributed by atoms with E-state index in [0.717, 1.165) is 24.8 Å². The zero-order valence-corrected chi connectivity index (χ0v) is 14.1. The maximum atomic E-state index is 5.80. The van der Waals surface area contributed by atoms with Crippen molar-refractivity contribution in [1.82, 2.24) is 0 Å². The van der Waals surface area contributed by atoms with Crippen molar-refractivity contribution in [3.8, 4) is 5.75 Å². The molecule has 0 spiro atoms. The average Bonchev–Trinajstić information content (AvgIpc) is 2.48. The highest BCUT2D eigenvalue weighted by Gasteiger charge is 2.23. The van der Waals surface area contributed by atoms with Crippen LogP contribution in [0.5, 0.6) is 5.75 Å². The van der Waals surface area contributed by atoms with Crippen LogP contribution in [0, 0.1) is 0 Å². The summed E-state index contributed by atoms with van der Waals surface area (Å²) in [6, 6.07) is 7.99. The molecule has 0 radical (unpaired) electrons. The number of hydrogen-bond donors (Lipinski definition) is 2. The van der Waals surface area contributed by atoms with E-state index in [1.165, 1.54) is 5.56 Å². The second kappa shape index (κ2) is 9.17. The van der Waals surface area contributed by atoms with E-state index >= 15 is 0 Å². The predicted molar refractivity (Wildman–Crippen MR) is 78.1 cm³/mol. The van der Waals surface area contributed by atoms with Gasteiger partial charge in [0.15, 0.2) is 11.9 Å². The van der Waals surface area contributed by atoms with E-state index in [4.69, 9.17) is 16.2 Å². The summed E-state index contributed by atoms with van der Waals surface area (Å²) in [5.41, 5.74) is 13.2. The number of aromatic amines is 2. The van der Waals surface area contributed by atoms with Crippen LogP contribution < -0.4 is 55.9 Å². The molecule has 0 amide bonds. The SMILES string of the molecule is CCN(Cc1ccc(OC)cc1)c1[nH+]cc(N)c(N)[nH+]1.[Cl-].[Cl-]. The van der Waals surface area contributed by atoms with Crippen molar-refractivity contribution in [2.75, 3.05) is 30.0 Å². The van der Waals surface area contributed by atoms with Crippen molar-refractivity contribution in [2.45, 2.75) is 13.5 Å². The lowest BCUT2D eigenvalue weighted by Gasteiger charge is -2.10. The molecule has 22 heavy (non-hydrogen) atoms. The molecule has 2 aromatic rings. The van der Waals surface area contributed by atoms with Gasteiger partial charge in [0.1, 0.15) is 18.8 Å². The summed E-state index contributed by atoms with van der Waals surface area (Å²) >= 11 is 0. The molecule has 0 bridgehead atoms. The van der Waals surface area contributed by atoms with E-state index in [0.29, 0.717) is 11.5 Å². The summed E-state index contributed by atoms with van der Waals surface area (Å²) < 4.78 is 5.16. The maximum Gasteiger partial charge on any atom is 0.525 e. The minimum absolute atomic E-state index is 0. The predicted octanol–water partition coefficient (Wildman–Crippen LogP) is -5.48. The monoisotopic (exact) mass is 345 g/mol. The fraction of sp³-hybridized carbons (Fsp3) is 0.286. The molecular formula is C14H21Cl2N5O. The lowest BCUT2D eigenvalue weighted by molar-refractivity contribution is -0.497. The van der Waals surface area contributed by atoms with Crippen molar-refractivity contribution < 1.29 is 39.5 Å². The van der Waals surface area contributed by atoms with Crippen LogP contribution in [0.2, 0.25) is 0 Å². The van der Waals surface area contributed by atoms with Crippen molar-refractivity contribution in [3.05, 3.63) is 36.0 Å². The van der Waals surface area contributed by atoms with Crippen LogP contribution in [0.4, 0.5) is 17.5 Å². The van der Waals surface area contributed by atoms with Crippen LogP contribution in [0.25, 0.3) is 0 Å². The number of methoxy groups -OCH3 is 1. The van der Waals surface area contributed by atoms with Gasteiger partial charge in [-0.2, -0.15) is 9.88 Å². The highest BCUT2D eigenvalue weighted by molar-refractivity contribution is 5.51. The number of nitrogen functional groups attached to an aromatic ring is 2. The molecule has 0 saturated carbocycles. The number of ether oxygens (including phenoxy) is 1. The summed E-state index contributed by atoms with van der Waals surface area (Å²) in [5, 5.41) is 0. The Hall–Kier alpha value is -1.92. The minimum Gasteiger partial charge on any atom is -1.00 e. The van der Waals surface area contributed by atoms with Crippen LogP contribution in [0.3, 0.4) is 0 Å². The first-order chi connectivity index (χ1) is 9.63. The first-order valence-electron chi connectivity index (χ1n) is 6.51. The topological polar surface area (TPSA) is 92.8 Å². The molecule has 1 aromatic heterocycles. The summed E-state index contributed by atoms with van der Waals surface area (Å²) in [7, 11) is 1.66. The third-order valence-electron chi connectivity index (χ3n) is 3.16. The van der Waals surface area contributed by atoms with Crippen molar-refractivity contribution in [3.63, 3.8) is 0 Å². The zero-order valence-electron chi connectivity index (χ0n) is 12.6. The van der Waals surface area contributed by atoms with E-state index in [9.17, 15) is 0 Å². The lowest BCUT2D eigenvalue weighted by Crippen LogP contribution is -3.00. The summed E-state index contributed by atoms with van der Waals surface area (Å²) in [4.78, 5) is 8.32. The number of H-pyrrole nitrogens is 2. The normalized spacial score (nSPS) is 9.36. The van der Waals surface area contributed by atoms with E-state index < -0.39 is 0 Å². The van der Waals surface area contributed by atoms with Crippen molar-refractivity contribution in [1.29, 1.82) is 0 Å². The molecule has 0 aliphatic heterocycles. The van der Waals surface area contributed by atoms with Gasteiger partial charge in [-0.15, -0.1) is 4.98 Å². The molecule has 1 heterocycles. The second-order valence-electron chi connectivity index (χ2n) is 4.49. The summed E-state index contributed by atoms with van der Waals surface area (Å²) in [6.07, 6.45) is 1.69. The molecule has 6 nitrogen and oxygen atoms in total. The third-order valence-corrected chi connectivity index (χ3v) is 3.16.